The molecule has 0 aromatic carbocycles. The summed E-state index contributed by atoms with van der Waals surface area (Å²) < 4.78 is 0. The van der Waals surface area contributed by atoms with Crippen LogP contribution in [0, 0.1) is 0 Å². The first-order chi connectivity index (χ1) is 10.2. The molecule has 0 unspecified atom stereocenters. The van der Waals surface area contributed by atoms with Crippen molar-refractivity contribution in [1.82, 2.24) is 15.5 Å². The van der Waals surface area contributed by atoms with E-state index in [1.807, 2.05) is 13.8 Å². The smallest absolute Gasteiger partial charge is 0.0428 e. The lowest BCUT2D eigenvalue weighted by molar-refractivity contribution is 0.291. The Balaban J connectivity index is 0. The summed E-state index contributed by atoms with van der Waals surface area (Å²) in [6.45, 7) is 11.7. The van der Waals surface area contributed by atoms with Crippen molar-refractivity contribution < 1.29 is 10.2 Å². The monoisotopic (exact) mass is 305 g/mol. The van der Waals surface area contributed by atoms with E-state index in [-0.39, 0.29) is 0 Å². The summed E-state index contributed by atoms with van der Waals surface area (Å²) in [5.41, 5.74) is 0. The summed E-state index contributed by atoms with van der Waals surface area (Å²) in [4.78, 5) is 2.33. The molecule has 5 nitrogen and oxygen atoms in total. The quantitative estimate of drug-likeness (QED) is 0.614. The first kappa shape index (κ1) is 23.1. The lowest BCUT2D eigenvalue weighted by Gasteiger charge is -2.21. The van der Waals surface area contributed by atoms with Crippen molar-refractivity contribution in [2.45, 2.75) is 46.0 Å². The van der Waals surface area contributed by atoms with E-state index < -0.39 is 0 Å². The average molecular weight is 306 g/mol. The zero-order valence-corrected chi connectivity index (χ0v) is 14.5. The number of likely N-dealkylation sites (N-methyl/N-ethyl adjacent to an activating group) is 1. The Hall–Kier alpha value is -0.200. The van der Waals surface area contributed by atoms with Crippen LogP contribution >= 0.6 is 0 Å². The van der Waals surface area contributed by atoms with E-state index in [2.05, 4.69) is 22.6 Å². The molecule has 2 rings (SSSR count). The molecule has 0 aromatic rings. The van der Waals surface area contributed by atoms with Crippen molar-refractivity contribution >= 4 is 0 Å². The summed E-state index contributed by atoms with van der Waals surface area (Å²) in [6.07, 6.45) is 5.97. The SMILES string of the molecule is C1CCNCC1.CCCO.CCCO.CN1CCNCC1. The van der Waals surface area contributed by atoms with Crippen LogP contribution in [0.4, 0.5) is 0 Å². The van der Waals surface area contributed by atoms with E-state index in [1.165, 1.54) is 45.4 Å². The predicted molar refractivity (Wildman–Crippen MR) is 91.8 cm³/mol. The third kappa shape index (κ3) is 25.1. The topological polar surface area (TPSA) is 67.8 Å². The van der Waals surface area contributed by atoms with Crippen LogP contribution in [0.2, 0.25) is 0 Å². The molecule has 0 saturated carbocycles. The number of hydrogen-bond donors (Lipinski definition) is 4. The molecular weight excluding hydrogens is 266 g/mol. The molecule has 0 spiro atoms. The minimum Gasteiger partial charge on any atom is -0.396 e. The van der Waals surface area contributed by atoms with Gasteiger partial charge in [-0.25, -0.2) is 0 Å². The Morgan fingerprint density at radius 3 is 1.29 bits per heavy atom. The lowest BCUT2D eigenvalue weighted by atomic mass is 10.2. The van der Waals surface area contributed by atoms with Crippen LogP contribution in [0.3, 0.4) is 0 Å². The zero-order chi connectivity index (χ0) is 16.2. The van der Waals surface area contributed by atoms with E-state index in [0.29, 0.717) is 13.2 Å². The van der Waals surface area contributed by atoms with Gasteiger partial charge in [-0.05, 0) is 45.8 Å². The van der Waals surface area contributed by atoms with Crippen LogP contribution in [0.25, 0.3) is 0 Å². The van der Waals surface area contributed by atoms with Crippen LogP contribution in [-0.2, 0) is 0 Å². The number of nitrogens with zero attached hydrogens (tertiary/aromatic N) is 1. The number of hydrogen-bond acceptors (Lipinski definition) is 5. The largest absolute Gasteiger partial charge is 0.396 e. The van der Waals surface area contributed by atoms with Gasteiger partial charge in [-0.1, -0.05) is 20.3 Å². The maximum absolute atomic E-state index is 7.88. The number of nitrogens with one attached hydrogen (secondary N) is 2. The lowest BCUT2D eigenvalue weighted by Crippen LogP contribution is -2.40. The maximum atomic E-state index is 7.88. The highest BCUT2D eigenvalue weighted by Crippen LogP contribution is 1.96. The molecule has 0 aliphatic carbocycles. The molecule has 21 heavy (non-hydrogen) atoms. The summed E-state index contributed by atoms with van der Waals surface area (Å²) in [7, 11) is 2.15. The Morgan fingerprint density at radius 1 is 0.762 bits per heavy atom. The van der Waals surface area contributed by atoms with Gasteiger partial charge in [0.25, 0.3) is 0 Å². The second kappa shape index (κ2) is 22.1. The molecule has 0 aromatic heterocycles. The first-order valence-electron chi connectivity index (χ1n) is 8.54. The molecule has 0 atom stereocenters. The fraction of sp³-hybridized carbons (Fsp3) is 1.00. The van der Waals surface area contributed by atoms with Crippen LogP contribution in [0.15, 0.2) is 0 Å². The Bertz CT molecular complexity index is 142. The van der Waals surface area contributed by atoms with Crippen molar-refractivity contribution in [3.8, 4) is 0 Å². The Labute approximate surface area is 132 Å². The molecule has 2 aliphatic rings. The second-order valence-corrected chi connectivity index (χ2v) is 5.31. The van der Waals surface area contributed by atoms with Gasteiger partial charge >= 0.3 is 0 Å². The molecule has 0 bridgehead atoms. The second-order valence-electron chi connectivity index (χ2n) is 5.31. The summed E-state index contributed by atoms with van der Waals surface area (Å²) in [5.74, 6) is 0. The molecule has 4 N–H and O–H groups in total. The van der Waals surface area contributed by atoms with Gasteiger partial charge in [0.2, 0.25) is 0 Å². The summed E-state index contributed by atoms with van der Waals surface area (Å²) in [6, 6.07) is 0. The third-order valence-electron chi connectivity index (χ3n) is 2.99. The van der Waals surface area contributed by atoms with E-state index >= 15 is 0 Å². The number of piperazine rings is 1. The third-order valence-corrected chi connectivity index (χ3v) is 2.99. The Kier molecular flexibility index (Phi) is 24.3. The molecule has 5 heteroatoms. The van der Waals surface area contributed by atoms with Gasteiger partial charge in [-0.2, -0.15) is 0 Å². The highest BCUT2D eigenvalue weighted by Gasteiger charge is 2.01. The number of rotatable bonds is 2. The first-order valence-corrected chi connectivity index (χ1v) is 8.54. The van der Waals surface area contributed by atoms with E-state index in [1.54, 1.807) is 0 Å². The van der Waals surface area contributed by atoms with Crippen molar-refractivity contribution in [2.24, 2.45) is 0 Å². The van der Waals surface area contributed by atoms with Gasteiger partial charge in [0.1, 0.15) is 0 Å². The van der Waals surface area contributed by atoms with Crippen molar-refractivity contribution in [3.63, 3.8) is 0 Å². The maximum Gasteiger partial charge on any atom is 0.0428 e. The molecule has 2 aliphatic heterocycles. The van der Waals surface area contributed by atoms with Crippen LogP contribution in [0.1, 0.15) is 46.0 Å². The minimum absolute atomic E-state index is 0.319. The van der Waals surface area contributed by atoms with Gasteiger partial charge in [0.05, 0.1) is 0 Å². The molecule has 0 radical (unpaired) electrons. The fourth-order valence-electron chi connectivity index (χ4n) is 1.58. The van der Waals surface area contributed by atoms with E-state index in [9.17, 15) is 0 Å². The van der Waals surface area contributed by atoms with Gasteiger partial charge in [0, 0.05) is 39.4 Å². The highest BCUT2D eigenvalue weighted by atomic mass is 16.3. The molecule has 2 heterocycles. The number of piperidine rings is 1. The van der Waals surface area contributed by atoms with Crippen LogP contribution in [0.5, 0.6) is 0 Å². The molecule has 2 saturated heterocycles. The molecule has 0 amide bonds. The van der Waals surface area contributed by atoms with E-state index in [4.69, 9.17) is 10.2 Å². The Morgan fingerprint density at radius 2 is 1.14 bits per heavy atom. The van der Waals surface area contributed by atoms with Crippen molar-refractivity contribution in [1.29, 1.82) is 0 Å². The molecule has 2 fully saturated rings. The van der Waals surface area contributed by atoms with E-state index in [0.717, 1.165) is 25.9 Å². The normalized spacial score (nSPS) is 18.1. The van der Waals surface area contributed by atoms with Gasteiger partial charge < -0.3 is 25.7 Å². The summed E-state index contributed by atoms with van der Waals surface area (Å²) in [5, 5.41) is 22.3. The highest BCUT2D eigenvalue weighted by molar-refractivity contribution is 4.62. The van der Waals surface area contributed by atoms with Crippen LogP contribution in [-0.4, -0.2) is 74.6 Å². The molecule has 130 valence electrons. The fourth-order valence-corrected chi connectivity index (χ4v) is 1.58. The van der Waals surface area contributed by atoms with Gasteiger partial charge in [0.15, 0.2) is 0 Å². The van der Waals surface area contributed by atoms with Gasteiger partial charge in [-0.15, -0.1) is 0 Å². The van der Waals surface area contributed by atoms with Crippen molar-refractivity contribution in [2.75, 3.05) is 59.5 Å². The van der Waals surface area contributed by atoms with Crippen LogP contribution < -0.4 is 10.6 Å². The number of aliphatic hydroxyl groups excluding tert-OH is 2. The minimum atomic E-state index is 0.319. The standard InChI is InChI=1S/C5H12N2.C5H11N.2C3H8O/c1-7-4-2-6-3-5-7;1-2-4-6-5-3-1;2*1-2-3-4/h6H,2-5H2,1H3;6H,1-5H2;2*4H,2-3H2,1H3. The number of aliphatic hydroxyl groups is 2. The van der Waals surface area contributed by atoms with Gasteiger partial charge in [-0.3, -0.25) is 0 Å². The average Bonchev–Trinajstić information content (AvgIpc) is 2.58. The zero-order valence-electron chi connectivity index (χ0n) is 14.5. The summed E-state index contributed by atoms with van der Waals surface area (Å²) >= 11 is 0. The van der Waals surface area contributed by atoms with Crippen molar-refractivity contribution in [3.05, 3.63) is 0 Å². The predicted octanol–water partition coefficient (Wildman–Crippen LogP) is 1.06. The molecular formula is C16H39N3O2.